The lowest BCUT2D eigenvalue weighted by molar-refractivity contribution is -0.142. The lowest BCUT2D eigenvalue weighted by atomic mass is 9.90. The predicted molar refractivity (Wildman–Crippen MR) is 102 cm³/mol. The molecule has 0 spiro atoms. The molecule has 3 rings (SSSR count). The number of benzene rings is 1. The fourth-order valence-electron chi connectivity index (χ4n) is 3.04. The SMILES string of the molecule is COC(=O)COc1cccc(NC(=O)[C@H]2CNC[C@@H]2c2cnn(C)c2)c1.Cl. The summed E-state index contributed by atoms with van der Waals surface area (Å²) in [7, 11) is 3.16. The molecule has 8 nitrogen and oxygen atoms in total. The number of anilines is 1. The predicted octanol–water partition coefficient (Wildman–Crippen LogP) is 1.34. The molecule has 0 saturated carbocycles. The Kier molecular flexibility index (Phi) is 7.20. The molecule has 1 aliphatic heterocycles. The molecular weight excluding hydrogens is 372 g/mol. The van der Waals surface area contributed by atoms with E-state index in [0.717, 1.165) is 12.1 Å². The zero-order valence-electron chi connectivity index (χ0n) is 15.2. The molecule has 0 bridgehead atoms. The number of aryl methyl sites for hydroxylation is 1. The molecule has 146 valence electrons. The van der Waals surface area contributed by atoms with Crippen LogP contribution in [0.15, 0.2) is 36.7 Å². The van der Waals surface area contributed by atoms with Gasteiger partial charge in [0.05, 0.1) is 19.2 Å². The molecule has 27 heavy (non-hydrogen) atoms. The number of aromatic nitrogens is 2. The molecule has 2 aromatic rings. The van der Waals surface area contributed by atoms with Gasteiger partial charge in [-0.3, -0.25) is 9.48 Å². The number of hydrogen-bond donors (Lipinski definition) is 2. The molecule has 1 aliphatic rings. The van der Waals surface area contributed by atoms with E-state index in [1.807, 2.05) is 13.2 Å². The number of nitrogens with zero attached hydrogens (tertiary/aromatic N) is 2. The molecule has 2 atom stereocenters. The average Bonchev–Trinajstić information content (AvgIpc) is 3.28. The van der Waals surface area contributed by atoms with Crippen molar-refractivity contribution in [3.05, 3.63) is 42.2 Å². The molecule has 1 fully saturated rings. The van der Waals surface area contributed by atoms with Crippen molar-refractivity contribution in [3.8, 4) is 5.75 Å². The first-order valence-corrected chi connectivity index (χ1v) is 8.36. The summed E-state index contributed by atoms with van der Waals surface area (Å²) in [6.45, 7) is 1.18. The monoisotopic (exact) mass is 394 g/mol. The first-order chi connectivity index (χ1) is 12.6. The van der Waals surface area contributed by atoms with E-state index in [1.165, 1.54) is 7.11 Å². The Morgan fingerprint density at radius 2 is 2.19 bits per heavy atom. The highest BCUT2D eigenvalue weighted by atomic mass is 35.5. The molecule has 9 heteroatoms. The molecule has 1 aromatic heterocycles. The maximum atomic E-state index is 12.7. The van der Waals surface area contributed by atoms with E-state index in [-0.39, 0.29) is 36.8 Å². The summed E-state index contributed by atoms with van der Waals surface area (Å²) in [5, 5.41) is 10.4. The number of carbonyl (C=O) groups is 2. The van der Waals surface area contributed by atoms with Crippen molar-refractivity contribution in [1.29, 1.82) is 0 Å². The van der Waals surface area contributed by atoms with Gasteiger partial charge in [0.2, 0.25) is 5.91 Å². The largest absolute Gasteiger partial charge is 0.482 e. The van der Waals surface area contributed by atoms with E-state index >= 15 is 0 Å². The summed E-state index contributed by atoms with van der Waals surface area (Å²) < 4.78 is 11.6. The van der Waals surface area contributed by atoms with Crippen molar-refractivity contribution < 1.29 is 19.1 Å². The number of nitrogens with one attached hydrogen (secondary N) is 2. The second kappa shape index (κ2) is 9.38. The van der Waals surface area contributed by atoms with Crippen molar-refractivity contribution in [2.24, 2.45) is 13.0 Å². The standard InChI is InChI=1S/C18H22N4O4.ClH/c1-22-10-12(7-20-22)15-8-19-9-16(15)18(24)21-13-4-3-5-14(6-13)26-11-17(23)25-2;/h3-7,10,15-16,19H,8-9,11H2,1-2H3,(H,21,24);1H/t15-,16+;/m1./s1. The van der Waals surface area contributed by atoms with Gasteiger partial charge < -0.3 is 20.1 Å². The van der Waals surface area contributed by atoms with E-state index < -0.39 is 5.97 Å². The van der Waals surface area contributed by atoms with Crippen LogP contribution in [0.25, 0.3) is 0 Å². The van der Waals surface area contributed by atoms with Gasteiger partial charge in [-0.2, -0.15) is 5.10 Å². The van der Waals surface area contributed by atoms with Gasteiger partial charge in [-0.1, -0.05) is 6.07 Å². The Morgan fingerprint density at radius 1 is 1.37 bits per heavy atom. The van der Waals surface area contributed by atoms with E-state index in [0.29, 0.717) is 18.0 Å². The second-order valence-corrected chi connectivity index (χ2v) is 6.20. The number of halogens is 1. The average molecular weight is 395 g/mol. The number of amides is 1. The molecule has 1 aromatic carbocycles. The van der Waals surface area contributed by atoms with Crippen molar-refractivity contribution in [1.82, 2.24) is 15.1 Å². The first-order valence-electron chi connectivity index (χ1n) is 8.36. The van der Waals surface area contributed by atoms with E-state index in [1.54, 1.807) is 35.1 Å². The Bertz CT molecular complexity index is 795. The Morgan fingerprint density at radius 3 is 2.89 bits per heavy atom. The zero-order valence-corrected chi connectivity index (χ0v) is 16.0. The third kappa shape index (κ3) is 5.21. The second-order valence-electron chi connectivity index (χ2n) is 6.20. The smallest absolute Gasteiger partial charge is 0.343 e. The van der Waals surface area contributed by atoms with Crippen molar-refractivity contribution >= 4 is 30.0 Å². The Hall–Kier alpha value is -2.58. The number of esters is 1. The highest BCUT2D eigenvalue weighted by Crippen LogP contribution is 2.29. The van der Waals surface area contributed by atoms with E-state index in [4.69, 9.17) is 4.74 Å². The van der Waals surface area contributed by atoms with Gasteiger partial charge in [-0.25, -0.2) is 4.79 Å². The molecular formula is C18H23ClN4O4. The number of methoxy groups -OCH3 is 1. The van der Waals surface area contributed by atoms with Crippen molar-refractivity contribution in [3.63, 3.8) is 0 Å². The maximum Gasteiger partial charge on any atom is 0.343 e. The van der Waals surface area contributed by atoms with E-state index in [9.17, 15) is 9.59 Å². The van der Waals surface area contributed by atoms with Crippen molar-refractivity contribution in [2.75, 3.05) is 32.1 Å². The summed E-state index contributed by atoms with van der Waals surface area (Å²) in [6, 6.07) is 6.94. The Balaban J connectivity index is 0.00000261. The van der Waals surface area contributed by atoms with Crippen LogP contribution in [0.4, 0.5) is 5.69 Å². The molecule has 0 radical (unpaired) electrons. The maximum absolute atomic E-state index is 12.7. The quantitative estimate of drug-likeness (QED) is 0.718. The number of ether oxygens (including phenoxy) is 2. The van der Waals surface area contributed by atoms with Crippen molar-refractivity contribution in [2.45, 2.75) is 5.92 Å². The third-order valence-corrected chi connectivity index (χ3v) is 4.39. The minimum Gasteiger partial charge on any atom is -0.482 e. The molecule has 1 saturated heterocycles. The number of carbonyl (C=O) groups excluding carboxylic acids is 2. The molecule has 1 amide bonds. The topological polar surface area (TPSA) is 94.5 Å². The lowest BCUT2D eigenvalue weighted by Crippen LogP contribution is -2.28. The van der Waals surface area contributed by atoms with Crippen LogP contribution in [-0.4, -0.2) is 48.5 Å². The molecule has 0 unspecified atom stereocenters. The van der Waals surface area contributed by atoms with Gasteiger partial charge in [0, 0.05) is 44.0 Å². The van der Waals surface area contributed by atoms with Crippen LogP contribution in [0, 0.1) is 5.92 Å². The minimum atomic E-state index is -0.462. The Labute approximate surface area is 163 Å². The van der Waals surface area contributed by atoms with Crippen LogP contribution in [0.3, 0.4) is 0 Å². The first kappa shape index (κ1) is 20.7. The molecule has 2 N–H and O–H groups in total. The molecule has 0 aliphatic carbocycles. The fraction of sp³-hybridized carbons (Fsp3) is 0.389. The van der Waals surface area contributed by atoms with Crippen LogP contribution >= 0.6 is 12.4 Å². The van der Waals surface area contributed by atoms with Crippen LogP contribution < -0.4 is 15.4 Å². The number of rotatable bonds is 6. The third-order valence-electron chi connectivity index (χ3n) is 4.39. The van der Waals surface area contributed by atoms with Crippen LogP contribution in [-0.2, 0) is 21.4 Å². The number of hydrogen-bond acceptors (Lipinski definition) is 6. The van der Waals surface area contributed by atoms with Gasteiger partial charge in [0.1, 0.15) is 5.75 Å². The summed E-state index contributed by atoms with van der Waals surface area (Å²) in [4.78, 5) is 23.9. The summed E-state index contributed by atoms with van der Waals surface area (Å²) in [6.07, 6.45) is 3.75. The summed E-state index contributed by atoms with van der Waals surface area (Å²) >= 11 is 0. The minimum absolute atomic E-state index is 0. The normalized spacial score (nSPS) is 18.4. The molecule has 2 heterocycles. The zero-order chi connectivity index (χ0) is 18.5. The fourth-order valence-corrected chi connectivity index (χ4v) is 3.04. The van der Waals surface area contributed by atoms with Gasteiger partial charge in [-0.05, 0) is 17.7 Å². The van der Waals surface area contributed by atoms with Crippen LogP contribution in [0.1, 0.15) is 11.5 Å². The summed E-state index contributed by atoms with van der Waals surface area (Å²) in [5.41, 5.74) is 1.67. The van der Waals surface area contributed by atoms with Crippen LogP contribution in [0.2, 0.25) is 0 Å². The van der Waals surface area contributed by atoms with Gasteiger partial charge in [0.25, 0.3) is 0 Å². The lowest BCUT2D eigenvalue weighted by Gasteiger charge is -2.17. The van der Waals surface area contributed by atoms with Gasteiger partial charge in [-0.15, -0.1) is 12.4 Å². The summed E-state index contributed by atoms with van der Waals surface area (Å²) in [5.74, 6) is -0.132. The van der Waals surface area contributed by atoms with E-state index in [2.05, 4.69) is 20.5 Å². The highest BCUT2D eigenvalue weighted by molar-refractivity contribution is 5.93. The van der Waals surface area contributed by atoms with Gasteiger partial charge >= 0.3 is 5.97 Å². The highest BCUT2D eigenvalue weighted by Gasteiger charge is 2.34. The van der Waals surface area contributed by atoms with Crippen LogP contribution in [0.5, 0.6) is 5.75 Å². The van der Waals surface area contributed by atoms with Gasteiger partial charge in [0.15, 0.2) is 6.61 Å².